The minimum absolute atomic E-state index is 0.210. The number of hydrogen-bond acceptors (Lipinski definition) is 7. The first-order chi connectivity index (χ1) is 11.0. The van der Waals surface area contributed by atoms with E-state index < -0.39 is 0 Å². The highest BCUT2D eigenvalue weighted by molar-refractivity contribution is 8.02. The Bertz CT molecular complexity index is 567. The van der Waals surface area contributed by atoms with Crippen LogP contribution in [0.5, 0.6) is 0 Å². The van der Waals surface area contributed by atoms with Crippen LogP contribution in [0.25, 0.3) is 0 Å². The molecular formula is C15H22N4O2S2. The van der Waals surface area contributed by atoms with Gasteiger partial charge < -0.3 is 10.5 Å². The van der Waals surface area contributed by atoms with E-state index in [-0.39, 0.29) is 5.91 Å². The fraction of sp³-hybridized carbons (Fsp3) is 0.400. The summed E-state index contributed by atoms with van der Waals surface area (Å²) in [6.45, 7) is 6.53. The van der Waals surface area contributed by atoms with Crippen LogP contribution in [-0.4, -0.2) is 36.5 Å². The van der Waals surface area contributed by atoms with Gasteiger partial charge in [-0.25, -0.2) is 8.61 Å². The molecule has 0 aromatic heterocycles. The second-order valence-electron chi connectivity index (χ2n) is 5.19. The molecule has 8 heteroatoms. The number of anilines is 1. The fourth-order valence-corrected chi connectivity index (χ4v) is 3.39. The third-order valence-electron chi connectivity index (χ3n) is 3.29. The summed E-state index contributed by atoms with van der Waals surface area (Å²) in [4.78, 5) is 13.2. The van der Waals surface area contributed by atoms with Crippen molar-refractivity contribution < 1.29 is 9.53 Å². The van der Waals surface area contributed by atoms with Crippen LogP contribution in [-0.2, 0) is 9.53 Å². The highest BCUT2D eigenvalue weighted by Gasteiger charge is 2.26. The number of rotatable bonds is 5. The highest BCUT2D eigenvalue weighted by Crippen LogP contribution is 2.30. The largest absolute Gasteiger partial charge is 0.401 e. The predicted octanol–water partition coefficient (Wildman–Crippen LogP) is 2.02. The summed E-state index contributed by atoms with van der Waals surface area (Å²) in [5.74, 6) is -0.210. The van der Waals surface area contributed by atoms with Crippen LogP contribution in [0.1, 0.15) is 12.5 Å². The average Bonchev–Trinajstić information content (AvgIpc) is 2.55. The Hall–Kier alpha value is -1.19. The first-order valence-electron chi connectivity index (χ1n) is 7.28. The first kappa shape index (κ1) is 18.2. The molecule has 1 saturated heterocycles. The van der Waals surface area contributed by atoms with Crippen molar-refractivity contribution >= 4 is 35.7 Å². The molecule has 6 nitrogen and oxygen atoms in total. The van der Waals surface area contributed by atoms with Crippen molar-refractivity contribution in [1.82, 2.24) is 4.31 Å². The van der Waals surface area contributed by atoms with Gasteiger partial charge in [0.1, 0.15) is 4.91 Å². The standard InChI is InChI=1S/C15H22N4O2S2/c1-11-3-5-13(6-4-11)19(15(20)14(22-17)12(2)16)23-18-7-9-21-10-8-18/h3-6H,7-10,16-17H2,1-2H3/b14-12-. The van der Waals surface area contributed by atoms with Gasteiger partial charge in [0, 0.05) is 30.9 Å². The third kappa shape index (κ3) is 4.89. The number of amides is 1. The number of allylic oxidation sites excluding steroid dienone is 1. The molecule has 4 N–H and O–H groups in total. The molecule has 1 aromatic carbocycles. The Kier molecular flexibility index (Phi) is 6.79. The quantitative estimate of drug-likeness (QED) is 0.618. The van der Waals surface area contributed by atoms with Crippen LogP contribution in [0.3, 0.4) is 0 Å². The van der Waals surface area contributed by atoms with E-state index in [0.717, 1.165) is 36.3 Å². The van der Waals surface area contributed by atoms with E-state index in [1.54, 1.807) is 11.2 Å². The highest BCUT2D eigenvalue weighted by atomic mass is 32.2. The number of nitrogens with zero attached hydrogens (tertiary/aromatic N) is 2. The minimum atomic E-state index is -0.210. The summed E-state index contributed by atoms with van der Waals surface area (Å²) in [6.07, 6.45) is 0. The Labute approximate surface area is 145 Å². The summed E-state index contributed by atoms with van der Waals surface area (Å²) in [5, 5.41) is 5.64. The Balaban J connectivity index is 2.28. The molecule has 0 saturated carbocycles. The van der Waals surface area contributed by atoms with E-state index in [9.17, 15) is 4.79 Å². The molecule has 0 bridgehead atoms. The van der Waals surface area contributed by atoms with Gasteiger partial charge in [-0.05, 0) is 37.9 Å². The zero-order chi connectivity index (χ0) is 16.8. The number of ether oxygens (including phenoxy) is 1. The summed E-state index contributed by atoms with van der Waals surface area (Å²) in [5.41, 5.74) is 8.16. The van der Waals surface area contributed by atoms with Crippen molar-refractivity contribution in [2.45, 2.75) is 13.8 Å². The summed E-state index contributed by atoms with van der Waals surface area (Å²) in [7, 11) is 0. The van der Waals surface area contributed by atoms with E-state index >= 15 is 0 Å². The zero-order valence-electron chi connectivity index (χ0n) is 13.3. The molecule has 1 aliphatic heterocycles. The van der Waals surface area contributed by atoms with Gasteiger partial charge in [-0.3, -0.25) is 9.93 Å². The number of morpholine rings is 1. The molecule has 126 valence electrons. The Morgan fingerprint density at radius 3 is 2.39 bits per heavy atom. The molecule has 0 spiro atoms. The molecule has 0 radical (unpaired) electrons. The van der Waals surface area contributed by atoms with Crippen LogP contribution < -0.4 is 15.2 Å². The lowest BCUT2D eigenvalue weighted by atomic mass is 10.2. The lowest BCUT2D eigenvalue weighted by Gasteiger charge is -2.31. The predicted molar refractivity (Wildman–Crippen MR) is 97.3 cm³/mol. The zero-order valence-corrected chi connectivity index (χ0v) is 15.0. The Morgan fingerprint density at radius 2 is 1.87 bits per heavy atom. The van der Waals surface area contributed by atoms with E-state index in [4.69, 9.17) is 15.6 Å². The third-order valence-corrected chi connectivity index (χ3v) is 5.16. The second-order valence-corrected chi connectivity index (χ2v) is 6.88. The molecule has 1 aliphatic rings. The number of carbonyl (C=O) groups excluding carboxylic acids is 1. The van der Waals surface area contributed by atoms with E-state index in [0.29, 0.717) is 23.8 Å². The van der Waals surface area contributed by atoms with Gasteiger partial charge in [0.15, 0.2) is 0 Å². The van der Waals surface area contributed by atoms with E-state index in [1.165, 1.54) is 12.1 Å². The van der Waals surface area contributed by atoms with Crippen LogP contribution in [0.2, 0.25) is 0 Å². The molecule has 2 rings (SSSR count). The van der Waals surface area contributed by atoms with Crippen molar-refractivity contribution in [3.8, 4) is 0 Å². The van der Waals surface area contributed by atoms with Crippen molar-refractivity contribution in [3.63, 3.8) is 0 Å². The SMILES string of the molecule is C/C(N)=C(/SN)C(=O)N(SN1CCOCC1)c1ccc(C)cc1. The average molecular weight is 355 g/mol. The molecule has 0 unspecified atom stereocenters. The second kappa shape index (κ2) is 8.60. The molecule has 1 amide bonds. The number of nitrogens with two attached hydrogens (primary N) is 2. The number of carbonyl (C=O) groups is 1. The van der Waals surface area contributed by atoms with Crippen LogP contribution in [0, 0.1) is 6.92 Å². The number of hydrogen-bond donors (Lipinski definition) is 2. The first-order valence-corrected chi connectivity index (χ1v) is 8.89. The van der Waals surface area contributed by atoms with Crippen LogP contribution >= 0.6 is 24.1 Å². The van der Waals surface area contributed by atoms with Crippen molar-refractivity contribution in [2.24, 2.45) is 10.9 Å². The van der Waals surface area contributed by atoms with Crippen LogP contribution in [0.4, 0.5) is 5.69 Å². The normalized spacial score (nSPS) is 16.8. The molecule has 0 atom stereocenters. The Morgan fingerprint density at radius 1 is 1.26 bits per heavy atom. The van der Waals surface area contributed by atoms with Gasteiger partial charge in [0.2, 0.25) is 0 Å². The fourth-order valence-electron chi connectivity index (χ4n) is 2.03. The number of benzene rings is 1. The van der Waals surface area contributed by atoms with Crippen molar-refractivity contribution in [1.29, 1.82) is 0 Å². The summed E-state index contributed by atoms with van der Waals surface area (Å²) in [6, 6.07) is 7.80. The van der Waals surface area contributed by atoms with Gasteiger partial charge >= 0.3 is 0 Å². The van der Waals surface area contributed by atoms with Crippen LogP contribution in [0.15, 0.2) is 34.9 Å². The summed E-state index contributed by atoms with van der Waals surface area (Å²) < 4.78 is 9.10. The van der Waals surface area contributed by atoms with Crippen molar-refractivity contribution in [2.75, 3.05) is 30.6 Å². The molecule has 1 heterocycles. The maximum Gasteiger partial charge on any atom is 0.278 e. The van der Waals surface area contributed by atoms with Gasteiger partial charge in [-0.1, -0.05) is 17.7 Å². The maximum atomic E-state index is 12.9. The monoisotopic (exact) mass is 354 g/mol. The lowest BCUT2D eigenvalue weighted by molar-refractivity contribution is -0.113. The van der Waals surface area contributed by atoms with E-state index in [1.807, 2.05) is 31.2 Å². The van der Waals surface area contributed by atoms with Gasteiger partial charge in [-0.2, -0.15) is 0 Å². The molecule has 1 fully saturated rings. The van der Waals surface area contributed by atoms with Crippen molar-refractivity contribution in [3.05, 3.63) is 40.4 Å². The van der Waals surface area contributed by atoms with Gasteiger partial charge in [-0.15, -0.1) is 0 Å². The molecule has 0 aliphatic carbocycles. The van der Waals surface area contributed by atoms with Gasteiger partial charge in [0.25, 0.3) is 5.91 Å². The molecular weight excluding hydrogens is 332 g/mol. The molecule has 23 heavy (non-hydrogen) atoms. The van der Waals surface area contributed by atoms with E-state index in [2.05, 4.69) is 4.31 Å². The molecule has 1 aromatic rings. The maximum absolute atomic E-state index is 12.9. The van der Waals surface area contributed by atoms with Gasteiger partial charge in [0.05, 0.1) is 18.9 Å². The summed E-state index contributed by atoms with van der Waals surface area (Å²) >= 11 is 2.25. The minimum Gasteiger partial charge on any atom is -0.401 e. The topological polar surface area (TPSA) is 84.8 Å². The lowest BCUT2D eigenvalue weighted by Crippen LogP contribution is -2.37. The smallest absolute Gasteiger partial charge is 0.278 e. The number of aryl methyl sites for hydroxylation is 1.